The minimum absolute atomic E-state index is 0.632. The molecule has 0 amide bonds. The average Bonchev–Trinajstić information content (AvgIpc) is 2.92. The van der Waals surface area contributed by atoms with Gasteiger partial charge in [0, 0.05) is 18.7 Å². The normalized spacial score (nSPS) is 24.1. The van der Waals surface area contributed by atoms with Crippen LogP contribution in [0.2, 0.25) is 0 Å². The van der Waals surface area contributed by atoms with Crippen molar-refractivity contribution in [2.45, 2.75) is 39.7 Å². The molecule has 4 nitrogen and oxygen atoms in total. The number of benzene rings is 1. The van der Waals surface area contributed by atoms with E-state index in [2.05, 4.69) is 35.9 Å². The average molecular weight is 285 g/mol. The molecular formula is C17H23N3O. The van der Waals surface area contributed by atoms with Crippen molar-refractivity contribution in [3.05, 3.63) is 17.7 Å². The molecule has 1 aromatic heterocycles. The molecule has 2 atom stereocenters. The number of anilines is 1. The van der Waals surface area contributed by atoms with Crippen LogP contribution in [0.5, 0.6) is 5.75 Å². The van der Waals surface area contributed by atoms with Crippen molar-refractivity contribution in [2.24, 2.45) is 11.8 Å². The molecule has 1 aromatic carbocycles. The van der Waals surface area contributed by atoms with Gasteiger partial charge in [-0.1, -0.05) is 13.8 Å². The Labute approximate surface area is 125 Å². The maximum Gasteiger partial charge on any atom is 0.203 e. The van der Waals surface area contributed by atoms with Crippen LogP contribution in [0, 0.1) is 11.8 Å². The smallest absolute Gasteiger partial charge is 0.203 e. The zero-order valence-electron chi connectivity index (χ0n) is 12.9. The van der Waals surface area contributed by atoms with E-state index in [9.17, 15) is 0 Å². The molecule has 0 fully saturated rings. The van der Waals surface area contributed by atoms with Crippen LogP contribution in [0.1, 0.15) is 32.3 Å². The lowest BCUT2D eigenvalue weighted by Crippen LogP contribution is -2.27. The summed E-state index contributed by atoms with van der Waals surface area (Å²) in [4.78, 5) is 4.78. The fourth-order valence-corrected chi connectivity index (χ4v) is 3.57. The highest BCUT2D eigenvalue weighted by Gasteiger charge is 2.26. The van der Waals surface area contributed by atoms with E-state index in [-0.39, 0.29) is 0 Å². The number of ether oxygens (including phenoxy) is 1. The third kappa shape index (κ3) is 2.00. The molecule has 1 N–H and O–H groups in total. The summed E-state index contributed by atoms with van der Waals surface area (Å²) in [5.41, 5.74) is 3.77. The van der Waals surface area contributed by atoms with Crippen molar-refractivity contribution in [2.75, 3.05) is 18.5 Å². The van der Waals surface area contributed by atoms with Gasteiger partial charge < -0.3 is 14.6 Å². The summed E-state index contributed by atoms with van der Waals surface area (Å²) in [7, 11) is 0. The third-order valence-electron chi connectivity index (χ3n) is 5.08. The van der Waals surface area contributed by atoms with E-state index < -0.39 is 0 Å². The zero-order valence-corrected chi connectivity index (χ0v) is 12.9. The number of aromatic nitrogens is 2. The highest BCUT2D eigenvalue weighted by Crippen LogP contribution is 2.37. The van der Waals surface area contributed by atoms with Gasteiger partial charge in [0.2, 0.25) is 5.95 Å². The number of hydrogen-bond acceptors (Lipinski definition) is 3. The SMILES string of the molecule is CCC1COc2ccc3nc4n(c3c2C1)CC(CC)CN4. The molecule has 112 valence electrons. The summed E-state index contributed by atoms with van der Waals surface area (Å²) in [6.45, 7) is 7.48. The topological polar surface area (TPSA) is 39.1 Å². The van der Waals surface area contributed by atoms with Gasteiger partial charge in [0.25, 0.3) is 0 Å². The lowest BCUT2D eigenvalue weighted by atomic mass is 9.93. The molecule has 0 radical (unpaired) electrons. The molecule has 0 saturated heterocycles. The molecule has 2 aliphatic heterocycles. The van der Waals surface area contributed by atoms with Gasteiger partial charge in [0.1, 0.15) is 5.75 Å². The van der Waals surface area contributed by atoms with Gasteiger partial charge >= 0.3 is 0 Å². The second-order valence-corrected chi connectivity index (χ2v) is 6.40. The summed E-state index contributed by atoms with van der Waals surface area (Å²) >= 11 is 0. The van der Waals surface area contributed by atoms with Crippen LogP contribution in [0.15, 0.2) is 12.1 Å². The standard InChI is InChI=1S/C17H23N3O/c1-3-11-7-13-15(21-10-11)6-5-14-16(13)20-9-12(4-2)8-18-17(20)19-14/h5-6,11-12H,3-4,7-10H2,1-2H3,(H,18,19). The number of hydrogen-bond donors (Lipinski definition) is 1. The highest BCUT2D eigenvalue weighted by atomic mass is 16.5. The van der Waals surface area contributed by atoms with Crippen LogP contribution in [0.25, 0.3) is 11.0 Å². The first-order valence-corrected chi connectivity index (χ1v) is 8.18. The van der Waals surface area contributed by atoms with Gasteiger partial charge in [-0.25, -0.2) is 4.98 Å². The number of fused-ring (bicyclic) bond motifs is 5. The first-order chi connectivity index (χ1) is 10.3. The van der Waals surface area contributed by atoms with Crippen LogP contribution >= 0.6 is 0 Å². The molecule has 2 unspecified atom stereocenters. The molecule has 2 aromatic rings. The molecule has 0 bridgehead atoms. The van der Waals surface area contributed by atoms with E-state index >= 15 is 0 Å². The Hall–Kier alpha value is -1.71. The summed E-state index contributed by atoms with van der Waals surface area (Å²) in [5, 5.41) is 3.50. The molecular weight excluding hydrogens is 262 g/mol. The first-order valence-electron chi connectivity index (χ1n) is 8.18. The Balaban J connectivity index is 1.87. The summed E-state index contributed by atoms with van der Waals surface area (Å²) in [6.07, 6.45) is 3.49. The molecule has 21 heavy (non-hydrogen) atoms. The maximum absolute atomic E-state index is 5.99. The fraction of sp³-hybridized carbons (Fsp3) is 0.588. The van der Waals surface area contributed by atoms with Gasteiger partial charge in [0.05, 0.1) is 17.6 Å². The van der Waals surface area contributed by atoms with Crippen molar-refractivity contribution in [3.8, 4) is 5.75 Å². The van der Waals surface area contributed by atoms with Crippen molar-refractivity contribution in [1.29, 1.82) is 0 Å². The molecule has 2 aliphatic rings. The van der Waals surface area contributed by atoms with E-state index in [0.717, 1.165) is 43.3 Å². The lowest BCUT2D eigenvalue weighted by Gasteiger charge is -2.28. The second-order valence-electron chi connectivity index (χ2n) is 6.40. The van der Waals surface area contributed by atoms with Crippen LogP contribution in [-0.2, 0) is 13.0 Å². The Morgan fingerprint density at radius 2 is 2.14 bits per heavy atom. The quantitative estimate of drug-likeness (QED) is 0.918. The molecule has 3 heterocycles. The van der Waals surface area contributed by atoms with E-state index in [1.165, 1.54) is 23.9 Å². The van der Waals surface area contributed by atoms with Gasteiger partial charge in [-0.05, 0) is 43.2 Å². The number of rotatable bonds is 2. The van der Waals surface area contributed by atoms with Crippen LogP contribution in [-0.4, -0.2) is 22.7 Å². The molecule has 0 saturated carbocycles. The van der Waals surface area contributed by atoms with Gasteiger partial charge in [0.15, 0.2) is 0 Å². The molecule has 0 aliphatic carbocycles. The molecule has 4 rings (SSSR count). The number of nitrogens with zero attached hydrogens (tertiary/aromatic N) is 2. The summed E-state index contributed by atoms with van der Waals surface area (Å²) in [6, 6.07) is 4.20. The van der Waals surface area contributed by atoms with Crippen LogP contribution in [0.4, 0.5) is 5.95 Å². The maximum atomic E-state index is 5.99. The minimum atomic E-state index is 0.632. The van der Waals surface area contributed by atoms with Crippen LogP contribution in [0.3, 0.4) is 0 Å². The largest absolute Gasteiger partial charge is 0.493 e. The van der Waals surface area contributed by atoms with Crippen molar-refractivity contribution >= 4 is 17.0 Å². The Kier molecular flexibility index (Phi) is 3.05. The van der Waals surface area contributed by atoms with E-state index in [1.807, 2.05) is 0 Å². The predicted molar refractivity (Wildman–Crippen MR) is 85.0 cm³/mol. The number of imidazole rings is 1. The Morgan fingerprint density at radius 3 is 2.95 bits per heavy atom. The zero-order chi connectivity index (χ0) is 14.4. The molecule has 0 spiro atoms. The van der Waals surface area contributed by atoms with Crippen molar-refractivity contribution in [1.82, 2.24) is 9.55 Å². The van der Waals surface area contributed by atoms with Crippen molar-refractivity contribution < 1.29 is 4.74 Å². The van der Waals surface area contributed by atoms with Gasteiger partial charge in [-0.15, -0.1) is 0 Å². The van der Waals surface area contributed by atoms with Crippen LogP contribution < -0.4 is 10.1 Å². The highest BCUT2D eigenvalue weighted by molar-refractivity contribution is 5.85. The van der Waals surface area contributed by atoms with Gasteiger partial charge in [-0.2, -0.15) is 0 Å². The summed E-state index contributed by atoms with van der Waals surface area (Å²) in [5.74, 6) is 3.42. The van der Waals surface area contributed by atoms with Gasteiger partial charge in [-0.3, -0.25) is 0 Å². The Morgan fingerprint density at radius 1 is 1.29 bits per heavy atom. The van der Waals surface area contributed by atoms with E-state index in [1.54, 1.807) is 0 Å². The molecule has 4 heteroatoms. The monoisotopic (exact) mass is 285 g/mol. The lowest BCUT2D eigenvalue weighted by molar-refractivity contribution is 0.219. The summed E-state index contributed by atoms with van der Waals surface area (Å²) < 4.78 is 8.37. The second kappa shape index (κ2) is 4.93. The predicted octanol–water partition coefficient (Wildman–Crippen LogP) is 3.45. The number of nitrogens with one attached hydrogen (secondary N) is 1. The minimum Gasteiger partial charge on any atom is -0.493 e. The Bertz CT molecular complexity index is 674. The first kappa shape index (κ1) is 13.0. The third-order valence-corrected chi connectivity index (χ3v) is 5.08. The fourth-order valence-electron chi connectivity index (χ4n) is 3.57. The van der Waals surface area contributed by atoms with E-state index in [4.69, 9.17) is 9.72 Å². The van der Waals surface area contributed by atoms with Crippen molar-refractivity contribution in [3.63, 3.8) is 0 Å². The van der Waals surface area contributed by atoms with E-state index in [0.29, 0.717) is 11.8 Å².